The highest BCUT2D eigenvalue weighted by Gasteiger charge is 2.01. The maximum atomic E-state index is 11.5. The summed E-state index contributed by atoms with van der Waals surface area (Å²) in [5.41, 5.74) is 0. The molecule has 0 aromatic heterocycles. The van der Waals surface area contributed by atoms with E-state index in [1.54, 1.807) is 7.11 Å². The van der Waals surface area contributed by atoms with Crippen LogP contribution in [0.1, 0.15) is 12.8 Å². The van der Waals surface area contributed by atoms with Gasteiger partial charge in [0.1, 0.15) is 11.5 Å². The lowest BCUT2D eigenvalue weighted by Gasteiger charge is -2.10. The maximum Gasteiger partial charge on any atom is 0.220 e. The van der Waals surface area contributed by atoms with E-state index >= 15 is 0 Å². The minimum atomic E-state index is 0.0742. The molecular formula is C15H24N2O3. The van der Waals surface area contributed by atoms with Crippen LogP contribution in [0.4, 0.5) is 0 Å². The van der Waals surface area contributed by atoms with Crippen LogP contribution in [0.2, 0.25) is 0 Å². The second-order valence-corrected chi connectivity index (χ2v) is 4.78. The molecule has 1 rings (SSSR count). The van der Waals surface area contributed by atoms with Crippen LogP contribution < -0.4 is 14.8 Å². The number of nitrogens with zero attached hydrogens (tertiary/aromatic N) is 1. The molecule has 0 atom stereocenters. The molecule has 1 N–H and O–H groups in total. The molecule has 0 saturated heterocycles. The zero-order valence-corrected chi connectivity index (χ0v) is 12.5. The summed E-state index contributed by atoms with van der Waals surface area (Å²) in [5.74, 6) is 1.67. The fourth-order valence-corrected chi connectivity index (χ4v) is 1.60. The van der Waals surface area contributed by atoms with Gasteiger partial charge in [-0.25, -0.2) is 0 Å². The van der Waals surface area contributed by atoms with Crippen molar-refractivity contribution in [2.45, 2.75) is 12.8 Å². The highest BCUT2D eigenvalue weighted by Crippen LogP contribution is 2.17. The molecule has 1 amide bonds. The average Bonchev–Trinajstić information content (AvgIpc) is 2.44. The molecule has 1 aromatic rings. The number of hydrogen-bond acceptors (Lipinski definition) is 4. The number of benzene rings is 1. The maximum absolute atomic E-state index is 11.5. The van der Waals surface area contributed by atoms with E-state index in [4.69, 9.17) is 9.47 Å². The first kappa shape index (κ1) is 16.3. The van der Waals surface area contributed by atoms with E-state index in [9.17, 15) is 4.79 Å². The van der Waals surface area contributed by atoms with Crippen LogP contribution in [-0.2, 0) is 4.79 Å². The van der Waals surface area contributed by atoms with Crippen LogP contribution in [0, 0.1) is 0 Å². The molecule has 5 nitrogen and oxygen atoms in total. The zero-order chi connectivity index (χ0) is 14.8. The SMILES string of the molecule is COc1ccc(OCCCC(=O)NCCN(C)C)cc1. The number of rotatable bonds is 9. The third kappa shape index (κ3) is 6.99. The number of amides is 1. The minimum absolute atomic E-state index is 0.0742. The molecular weight excluding hydrogens is 256 g/mol. The van der Waals surface area contributed by atoms with Crippen LogP contribution in [-0.4, -0.2) is 51.7 Å². The second-order valence-electron chi connectivity index (χ2n) is 4.78. The van der Waals surface area contributed by atoms with Crippen molar-refractivity contribution in [2.75, 3.05) is 40.9 Å². The van der Waals surface area contributed by atoms with Crippen LogP contribution in [0.5, 0.6) is 11.5 Å². The quantitative estimate of drug-likeness (QED) is 0.697. The predicted molar refractivity (Wildman–Crippen MR) is 79.3 cm³/mol. The van der Waals surface area contributed by atoms with Gasteiger partial charge in [-0.3, -0.25) is 4.79 Å². The monoisotopic (exact) mass is 280 g/mol. The molecule has 0 unspecified atom stereocenters. The Labute approximate surface area is 120 Å². The van der Waals surface area contributed by atoms with Gasteiger partial charge in [0.05, 0.1) is 13.7 Å². The second kappa shape index (κ2) is 9.20. The fourth-order valence-electron chi connectivity index (χ4n) is 1.60. The van der Waals surface area contributed by atoms with Crippen molar-refractivity contribution >= 4 is 5.91 Å². The van der Waals surface area contributed by atoms with E-state index in [0.29, 0.717) is 26.0 Å². The smallest absolute Gasteiger partial charge is 0.220 e. The van der Waals surface area contributed by atoms with Gasteiger partial charge in [0, 0.05) is 19.5 Å². The lowest BCUT2D eigenvalue weighted by molar-refractivity contribution is -0.121. The van der Waals surface area contributed by atoms with Crippen LogP contribution in [0.15, 0.2) is 24.3 Å². The number of hydrogen-bond donors (Lipinski definition) is 1. The summed E-state index contributed by atoms with van der Waals surface area (Å²) >= 11 is 0. The molecule has 5 heteroatoms. The summed E-state index contributed by atoms with van der Waals surface area (Å²) in [4.78, 5) is 13.6. The Balaban J connectivity index is 2.10. The van der Waals surface area contributed by atoms with Crippen molar-refractivity contribution in [1.82, 2.24) is 10.2 Å². The first-order valence-corrected chi connectivity index (χ1v) is 6.80. The van der Waals surface area contributed by atoms with Crippen LogP contribution in [0.3, 0.4) is 0 Å². The van der Waals surface area contributed by atoms with Gasteiger partial charge in [-0.1, -0.05) is 0 Å². The van der Waals surface area contributed by atoms with Crippen molar-refractivity contribution < 1.29 is 14.3 Å². The van der Waals surface area contributed by atoms with E-state index in [0.717, 1.165) is 18.0 Å². The van der Waals surface area contributed by atoms with Crippen molar-refractivity contribution in [3.8, 4) is 11.5 Å². The van der Waals surface area contributed by atoms with Crippen molar-refractivity contribution in [3.63, 3.8) is 0 Å². The Morgan fingerprint density at radius 2 is 1.85 bits per heavy atom. The highest BCUT2D eigenvalue weighted by atomic mass is 16.5. The Morgan fingerprint density at radius 1 is 1.20 bits per heavy atom. The van der Waals surface area contributed by atoms with E-state index in [1.807, 2.05) is 43.3 Å². The molecule has 0 radical (unpaired) electrons. The lowest BCUT2D eigenvalue weighted by Crippen LogP contribution is -2.31. The number of ether oxygens (including phenoxy) is 2. The Kier molecular flexibility index (Phi) is 7.50. The summed E-state index contributed by atoms with van der Waals surface area (Å²) in [6.07, 6.45) is 1.20. The Hall–Kier alpha value is -1.75. The molecule has 0 heterocycles. The fraction of sp³-hybridized carbons (Fsp3) is 0.533. The van der Waals surface area contributed by atoms with Gasteiger partial charge in [0.15, 0.2) is 0 Å². The summed E-state index contributed by atoms with van der Waals surface area (Å²) < 4.78 is 10.6. The van der Waals surface area contributed by atoms with Gasteiger partial charge < -0.3 is 19.7 Å². The summed E-state index contributed by atoms with van der Waals surface area (Å²) in [6, 6.07) is 7.42. The molecule has 112 valence electrons. The Bertz CT molecular complexity index is 391. The minimum Gasteiger partial charge on any atom is -0.497 e. The highest BCUT2D eigenvalue weighted by molar-refractivity contribution is 5.75. The number of carbonyl (C=O) groups is 1. The summed E-state index contributed by atoms with van der Waals surface area (Å²) in [6.45, 7) is 2.08. The molecule has 0 aliphatic heterocycles. The molecule has 0 bridgehead atoms. The van der Waals surface area contributed by atoms with Crippen LogP contribution >= 0.6 is 0 Å². The standard InChI is InChI=1S/C15H24N2O3/c1-17(2)11-10-16-15(18)5-4-12-20-14-8-6-13(19-3)7-9-14/h6-9H,4-5,10-12H2,1-3H3,(H,16,18). The van der Waals surface area contributed by atoms with Crippen molar-refractivity contribution in [1.29, 1.82) is 0 Å². The molecule has 20 heavy (non-hydrogen) atoms. The molecule has 0 spiro atoms. The number of methoxy groups -OCH3 is 1. The predicted octanol–water partition coefficient (Wildman–Crippen LogP) is 1.53. The third-order valence-corrected chi connectivity index (χ3v) is 2.76. The zero-order valence-electron chi connectivity index (χ0n) is 12.5. The number of carbonyl (C=O) groups excluding carboxylic acids is 1. The van der Waals surface area contributed by atoms with Gasteiger partial charge in [-0.05, 0) is 44.8 Å². The lowest BCUT2D eigenvalue weighted by atomic mass is 10.3. The first-order chi connectivity index (χ1) is 9.61. The molecule has 1 aromatic carbocycles. The van der Waals surface area contributed by atoms with Gasteiger partial charge >= 0.3 is 0 Å². The third-order valence-electron chi connectivity index (χ3n) is 2.76. The largest absolute Gasteiger partial charge is 0.497 e. The molecule has 0 saturated carbocycles. The summed E-state index contributed by atoms with van der Waals surface area (Å²) in [5, 5.41) is 2.88. The first-order valence-electron chi connectivity index (χ1n) is 6.80. The topological polar surface area (TPSA) is 50.8 Å². The van der Waals surface area contributed by atoms with Gasteiger partial charge in [-0.15, -0.1) is 0 Å². The molecule has 0 aliphatic rings. The van der Waals surface area contributed by atoms with E-state index in [2.05, 4.69) is 5.32 Å². The molecule has 0 aliphatic carbocycles. The van der Waals surface area contributed by atoms with E-state index < -0.39 is 0 Å². The number of nitrogens with one attached hydrogen (secondary N) is 1. The van der Waals surface area contributed by atoms with Crippen molar-refractivity contribution in [2.24, 2.45) is 0 Å². The van der Waals surface area contributed by atoms with Gasteiger partial charge in [0.2, 0.25) is 5.91 Å². The van der Waals surface area contributed by atoms with Crippen LogP contribution in [0.25, 0.3) is 0 Å². The van der Waals surface area contributed by atoms with E-state index in [1.165, 1.54) is 0 Å². The van der Waals surface area contributed by atoms with Crippen molar-refractivity contribution in [3.05, 3.63) is 24.3 Å². The molecule has 0 fully saturated rings. The van der Waals surface area contributed by atoms with E-state index in [-0.39, 0.29) is 5.91 Å². The van der Waals surface area contributed by atoms with Gasteiger partial charge in [-0.2, -0.15) is 0 Å². The number of likely N-dealkylation sites (N-methyl/N-ethyl adjacent to an activating group) is 1. The van der Waals surface area contributed by atoms with Gasteiger partial charge in [0.25, 0.3) is 0 Å². The average molecular weight is 280 g/mol. The normalized spacial score (nSPS) is 10.4. The summed E-state index contributed by atoms with van der Waals surface area (Å²) in [7, 11) is 5.59. The Morgan fingerprint density at radius 3 is 2.45 bits per heavy atom.